The number of piperazine rings is 1. The molecule has 0 radical (unpaired) electrons. The van der Waals surface area contributed by atoms with Gasteiger partial charge in [0.1, 0.15) is 5.82 Å². The second-order valence-electron chi connectivity index (χ2n) is 6.66. The lowest BCUT2D eigenvalue weighted by Crippen LogP contribution is -2.49. The van der Waals surface area contributed by atoms with Gasteiger partial charge in [0.15, 0.2) is 5.76 Å². The molecule has 4 heterocycles. The van der Waals surface area contributed by atoms with Crippen molar-refractivity contribution in [2.24, 2.45) is 0 Å². The maximum absolute atomic E-state index is 12.4. The van der Waals surface area contributed by atoms with Crippen molar-refractivity contribution in [3.05, 3.63) is 66.0 Å². The third-order valence-electron chi connectivity index (χ3n) is 4.64. The summed E-state index contributed by atoms with van der Waals surface area (Å²) in [6.45, 7) is 5.25. The van der Waals surface area contributed by atoms with Crippen LogP contribution in [0, 0.1) is 6.92 Å². The van der Waals surface area contributed by atoms with Crippen molar-refractivity contribution in [1.29, 1.82) is 0 Å². The maximum Gasteiger partial charge on any atom is 0.289 e. The predicted octanol–water partition coefficient (Wildman–Crippen LogP) is 2.35. The summed E-state index contributed by atoms with van der Waals surface area (Å²) in [6.07, 6.45) is 5.09. The van der Waals surface area contributed by atoms with Crippen molar-refractivity contribution in [3.8, 4) is 0 Å². The zero-order valence-corrected chi connectivity index (χ0v) is 15.7. The van der Waals surface area contributed by atoms with E-state index in [1.807, 2.05) is 36.2 Å². The molecule has 1 fully saturated rings. The first-order chi connectivity index (χ1) is 13.7. The van der Waals surface area contributed by atoms with Crippen molar-refractivity contribution in [3.63, 3.8) is 0 Å². The molecule has 1 aliphatic heterocycles. The van der Waals surface area contributed by atoms with E-state index in [1.54, 1.807) is 18.3 Å². The van der Waals surface area contributed by atoms with Crippen molar-refractivity contribution in [2.45, 2.75) is 13.5 Å². The Balaban J connectivity index is 1.39. The monoisotopic (exact) mass is 378 g/mol. The van der Waals surface area contributed by atoms with Gasteiger partial charge in [-0.3, -0.25) is 9.78 Å². The van der Waals surface area contributed by atoms with Gasteiger partial charge in [-0.25, -0.2) is 4.98 Å². The number of rotatable bonds is 5. The smallest absolute Gasteiger partial charge is 0.289 e. The van der Waals surface area contributed by atoms with Crippen LogP contribution in [-0.2, 0) is 6.54 Å². The zero-order chi connectivity index (χ0) is 19.3. The van der Waals surface area contributed by atoms with Gasteiger partial charge in [-0.1, -0.05) is 6.07 Å². The van der Waals surface area contributed by atoms with Crippen LogP contribution in [0.4, 0.5) is 11.8 Å². The van der Waals surface area contributed by atoms with Gasteiger partial charge in [0.2, 0.25) is 5.95 Å². The van der Waals surface area contributed by atoms with Gasteiger partial charge in [-0.2, -0.15) is 4.98 Å². The number of carbonyl (C=O) groups is 1. The van der Waals surface area contributed by atoms with E-state index in [0.29, 0.717) is 44.4 Å². The van der Waals surface area contributed by atoms with E-state index in [9.17, 15) is 4.79 Å². The Hall–Kier alpha value is -3.42. The lowest BCUT2D eigenvalue weighted by Gasteiger charge is -2.35. The molecule has 1 aliphatic rings. The first-order valence-electron chi connectivity index (χ1n) is 9.25. The molecule has 3 aromatic heterocycles. The molecule has 3 aromatic rings. The van der Waals surface area contributed by atoms with Crippen LogP contribution in [0.3, 0.4) is 0 Å². The number of pyridine rings is 1. The molecule has 0 unspecified atom stereocenters. The minimum Gasteiger partial charge on any atom is -0.459 e. The quantitative estimate of drug-likeness (QED) is 0.729. The highest BCUT2D eigenvalue weighted by atomic mass is 16.3. The predicted molar refractivity (Wildman–Crippen MR) is 105 cm³/mol. The summed E-state index contributed by atoms with van der Waals surface area (Å²) >= 11 is 0. The van der Waals surface area contributed by atoms with E-state index in [-0.39, 0.29) is 5.91 Å². The van der Waals surface area contributed by atoms with E-state index < -0.39 is 0 Å². The number of carbonyl (C=O) groups excluding carboxylic acids is 1. The van der Waals surface area contributed by atoms with Gasteiger partial charge in [0.05, 0.1) is 6.26 Å². The van der Waals surface area contributed by atoms with Gasteiger partial charge >= 0.3 is 0 Å². The van der Waals surface area contributed by atoms with E-state index in [0.717, 1.165) is 17.1 Å². The number of amides is 1. The lowest BCUT2D eigenvalue weighted by molar-refractivity contribution is 0.0714. The van der Waals surface area contributed by atoms with Crippen molar-refractivity contribution >= 4 is 17.7 Å². The molecule has 0 aliphatic carbocycles. The van der Waals surface area contributed by atoms with Crippen LogP contribution in [0.2, 0.25) is 0 Å². The van der Waals surface area contributed by atoms with E-state index >= 15 is 0 Å². The number of hydrogen-bond donors (Lipinski definition) is 1. The molecule has 0 atom stereocenters. The molecule has 28 heavy (non-hydrogen) atoms. The Morgan fingerprint density at radius 3 is 2.75 bits per heavy atom. The number of aromatic nitrogens is 3. The van der Waals surface area contributed by atoms with Gasteiger partial charge in [0.25, 0.3) is 5.91 Å². The minimum absolute atomic E-state index is 0.0673. The number of aryl methyl sites for hydroxylation is 1. The summed E-state index contributed by atoms with van der Waals surface area (Å²) in [5.74, 6) is 1.77. The third-order valence-corrected chi connectivity index (χ3v) is 4.64. The topological polar surface area (TPSA) is 87.4 Å². The third kappa shape index (κ3) is 4.11. The highest BCUT2D eigenvalue weighted by Gasteiger charge is 2.24. The molecule has 1 saturated heterocycles. The van der Waals surface area contributed by atoms with Gasteiger partial charge in [-0.05, 0) is 30.7 Å². The second-order valence-corrected chi connectivity index (χ2v) is 6.66. The molecular weight excluding hydrogens is 356 g/mol. The largest absolute Gasteiger partial charge is 0.459 e. The van der Waals surface area contributed by atoms with Crippen LogP contribution in [-0.4, -0.2) is 51.9 Å². The minimum atomic E-state index is -0.0673. The number of hydrogen-bond acceptors (Lipinski definition) is 7. The number of nitrogens with zero attached hydrogens (tertiary/aromatic N) is 5. The SMILES string of the molecule is Cc1cc(N2CCN(C(=O)c3ccco3)CC2)nc(NCc2cccnc2)n1. The Morgan fingerprint density at radius 2 is 2.04 bits per heavy atom. The molecule has 4 rings (SSSR count). The normalized spacial score (nSPS) is 14.2. The molecule has 0 bridgehead atoms. The van der Waals surface area contributed by atoms with Crippen LogP contribution in [0.1, 0.15) is 21.8 Å². The Kier molecular flexibility index (Phi) is 5.18. The second kappa shape index (κ2) is 8.08. The van der Waals surface area contributed by atoms with E-state index in [1.165, 1.54) is 6.26 Å². The van der Waals surface area contributed by atoms with Crippen LogP contribution < -0.4 is 10.2 Å². The average Bonchev–Trinajstić information content (AvgIpc) is 3.27. The highest BCUT2D eigenvalue weighted by Crippen LogP contribution is 2.18. The van der Waals surface area contributed by atoms with Crippen LogP contribution in [0.15, 0.2) is 53.4 Å². The van der Waals surface area contributed by atoms with E-state index in [2.05, 4.69) is 25.2 Å². The molecule has 8 nitrogen and oxygen atoms in total. The number of anilines is 2. The fourth-order valence-corrected chi connectivity index (χ4v) is 3.17. The van der Waals surface area contributed by atoms with Crippen molar-refractivity contribution in [2.75, 3.05) is 36.4 Å². The van der Waals surface area contributed by atoms with Crippen LogP contribution in [0.25, 0.3) is 0 Å². The molecule has 0 saturated carbocycles. The summed E-state index contributed by atoms with van der Waals surface area (Å²) in [5, 5.41) is 3.26. The Bertz CT molecular complexity index is 921. The first kappa shape index (κ1) is 18.0. The van der Waals surface area contributed by atoms with Crippen molar-refractivity contribution < 1.29 is 9.21 Å². The summed E-state index contributed by atoms with van der Waals surface area (Å²) in [6, 6.07) is 9.31. The number of nitrogens with one attached hydrogen (secondary N) is 1. The summed E-state index contributed by atoms with van der Waals surface area (Å²) in [4.78, 5) is 29.6. The summed E-state index contributed by atoms with van der Waals surface area (Å²) < 4.78 is 5.22. The van der Waals surface area contributed by atoms with E-state index in [4.69, 9.17) is 4.42 Å². The van der Waals surface area contributed by atoms with Crippen LogP contribution >= 0.6 is 0 Å². The molecular formula is C20H22N6O2. The highest BCUT2D eigenvalue weighted by molar-refractivity contribution is 5.91. The molecule has 144 valence electrons. The summed E-state index contributed by atoms with van der Waals surface area (Å²) in [7, 11) is 0. The maximum atomic E-state index is 12.4. The number of furan rings is 1. The fraction of sp³-hybridized carbons (Fsp3) is 0.300. The standard InChI is InChI=1S/C20H22N6O2/c1-15-12-18(24-20(23-15)22-14-16-4-2-6-21-13-16)25-7-9-26(10-8-25)19(27)17-5-3-11-28-17/h2-6,11-13H,7-10,14H2,1H3,(H,22,23,24). The van der Waals surface area contributed by atoms with Gasteiger partial charge in [-0.15, -0.1) is 0 Å². The summed E-state index contributed by atoms with van der Waals surface area (Å²) in [5.41, 5.74) is 1.96. The van der Waals surface area contributed by atoms with Crippen molar-refractivity contribution in [1.82, 2.24) is 19.9 Å². The molecule has 0 spiro atoms. The zero-order valence-electron chi connectivity index (χ0n) is 15.7. The fourth-order valence-electron chi connectivity index (χ4n) is 3.17. The molecule has 1 N–H and O–H groups in total. The van der Waals surface area contributed by atoms with Gasteiger partial charge < -0.3 is 19.5 Å². The molecule has 1 amide bonds. The van der Waals surface area contributed by atoms with Gasteiger partial charge in [0, 0.05) is 56.9 Å². The molecule has 0 aromatic carbocycles. The van der Waals surface area contributed by atoms with Crippen LogP contribution in [0.5, 0.6) is 0 Å². The first-order valence-corrected chi connectivity index (χ1v) is 9.25. The average molecular weight is 378 g/mol. The lowest BCUT2D eigenvalue weighted by atomic mass is 10.2. The Morgan fingerprint density at radius 1 is 1.18 bits per heavy atom. The Labute approximate surface area is 163 Å². The molecule has 8 heteroatoms.